The van der Waals surface area contributed by atoms with E-state index in [-0.39, 0.29) is 0 Å². The van der Waals surface area contributed by atoms with Crippen molar-refractivity contribution < 1.29 is 0 Å². The molecule has 0 rings (SSSR count). The van der Waals surface area contributed by atoms with Crippen LogP contribution in [-0.4, -0.2) is 0 Å². The molecule has 0 aliphatic carbocycles. The monoisotopic (exact) mass is 252 g/mol. The quantitative estimate of drug-likeness (QED) is 0.247. The van der Waals surface area contributed by atoms with E-state index in [1.807, 2.05) is 0 Å². The first-order chi connectivity index (χ1) is 8.74. The van der Waals surface area contributed by atoms with Crippen LogP contribution in [0.25, 0.3) is 0 Å². The van der Waals surface area contributed by atoms with Gasteiger partial charge in [-0.1, -0.05) is 84.6 Å². The smallest absolute Gasteiger partial charge is 0.0121 e. The molecule has 0 radical (unpaired) electrons. The molecule has 0 fully saturated rings. The van der Waals surface area contributed by atoms with Crippen molar-refractivity contribution in [3.8, 4) is 0 Å². The zero-order valence-corrected chi connectivity index (χ0v) is 13.3. The van der Waals surface area contributed by atoms with Crippen molar-refractivity contribution in [1.82, 2.24) is 0 Å². The zero-order chi connectivity index (χ0) is 13.7. The van der Waals surface area contributed by atoms with Crippen molar-refractivity contribution in [2.24, 2.45) is 5.41 Å². The van der Waals surface area contributed by atoms with Crippen molar-refractivity contribution in [1.29, 1.82) is 0 Å². The molecule has 0 heteroatoms. The van der Waals surface area contributed by atoms with E-state index in [1.54, 1.807) is 0 Å². The van der Waals surface area contributed by atoms with Gasteiger partial charge in [0.2, 0.25) is 0 Å². The molecule has 0 aliphatic rings. The normalized spacial score (nSPS) is 11.7. The van der Waals surface area contributed by atoms with Crippen LogP contribution in [0.3, 0.4) is 0 Å². The largest absolute Gasteiger partial charge is 0.103 e. The average molecular weight is 252 g/mol. The van der Waals surface area contributed by atoms with Crippen LogP contribution in [0.2, 0.25) is 0 Å². The van der Waals surface area contributed by atoms with Crippen LogP contribution in [0.15, 0.2) is 12.7 Å². The highest BCUT2D eigenvalue weighted by Crippen LogP contribution is 2.36. The van der Waals surface area contributed by atoms with Gasteiger partial charge in [-0.2, -0.15) is 0 Å². The Labute approximate surface area is 116 Å². The maximum atomic E-state index is 4.11. The molecule has 0 nitrogen and oxygen atoms in total. The summed E-state index contributed by atoms with van der Waals surface area (Å²) in [7, 11) is 0. The predicted molar refractivity (Wildman–Crippen MR) is 85.1 cm³/mol. The second-order valence-corrected chi connectivity index (χ2v) is 5.94. The van der Waals surface area contributed by atoms with E-state index in [4.69, 9.17) is 0 Å². The topological polar surface area (TPSA) is 0 Å². The van der Waals surface area contributed by atoms with Crippen LogP contribution in [0.1, 0.15) is 97.8 Å². The molecule has 0 amide bonds. The fourth-order valence-corrected chi connectivity index (χ4v) is 3.11. The van der Waals surface area contributed by atoms with Gasteiger partial charge in [-0.3, -0.25) is 0 Å². The number of rotatable bonds is 13. The predicted octanol–water partition coefficient (Wildman–Crippen LogP) is 6.90. The minimum atomic E-state index is 0.451. The average Bonchev–Trinajstić information content (AvgIpc) is 2.38. The molecule has 0 unspecified atom stereocenters. The Balaban J connectivity index is 3.78. The van der Waals surface area contributed by atoms with Crippen LogP contribution < -0.4 is 0 Å². The molecule has 0 atom stereocenters. The molecule has 0 heterocycles. The number of hydrogen-bond acceptors (Lipinski definition) is 0. The molecule has 0 aromatic carbocycles. The third-order valence-corrected chi connectivity index (χ3v) is 4.21. The highest BCUT2D eigenvalue weighted by atomic mass is 14.3. The molecule has 0 aliphatic heterocycles. The maximum absolute atomic E-state index is 4.11. The van der Waals surface area contributed by atoms with Gasteiger partial charge in [0.25, 0.3) is 0 Å². The van der Waals surface area contributed by atoms with E-state index in [9.17, 15) is 0 Å². The van der Waals surface area contributed by atoms with E-state index < -0.39 is 0 Å². The first kappa shape index (κ1) is 17.7. The van der Waals surface area contributed by atoms with E-state index in [2.05, 4.69) is 33.4 Å². The maximum Gasteiger partial charge on any atom is -0.0121 e. The molecule has 0 spiro atoms. The number of unbranched alkanes of at least 4 members (excludes halogenated alkanes) is 6. The van der Waals surface area contributed by atoms with Gasteiger partial charge in [0, 0.05) is 0 Å². The van der Waals surface area contributed by atoms with E-state index in [0.29, 0.717) is 5.41 Å². The summed E-state index contributed by atoms with van der Waals surface area (Å²) < 4.78 is 0. The molecule has 0 N–H and O–H groups in total. The van der Waals surface area contributed by atoms with Gasteiger partial charge in [-0.05, 0) is 24.7 Å². The highest BCUT2D eigenvalue weighted by molar-refractivity contribution is 4.94. The van der Waals surface area contributed by atoms with Gasteiger partial charge in [-0.25, -0.2) is 0 Å². The SMILES string of the molecule is C=CC(CCC)(CCC)CCCCCCCCC. The molecule has 18 heavy (non-hydrogen) atoms. The fraction of sp³-hybridized carbons (Fsp3) is 0.889. The first-order valence-corrected chi connectivity index (χ1v) is 8.38. The Morgan fingerprint density at radius 1 is 0.667 bits per heavy atom. The second kappa shape index (κ2) is 11.8. The van der Waals surface area contributed by atoms with Gasteiger partial charge < -0.3 is 0 Å². The van der Waals surface area contributed by atoms with Crippen molar-refractivity contribution in [3.05, 3.63) is 12.7 Å². The lowest BCUT2D eigenvalue weighted by Gasteiger charge is -2.30. The fourth-order valence-electron chi connectivity index (χ4n) is 3.11. The molecule has 0 saturated carbocycles. The molecular weight excluding hydrogens is 216 g/mol. The number of allylic oxidation sites excluding steroid dienone is 1. The van der Waals surface area contributed by atoms with Crippen LogP contribution in [0.5, 0.6) is 0 Å². The summed E-state index contributed by atoms with van der Waals surface area (Å²) in [6.45, 7) is 11.0. The minimum absolute atomic E-state index is 0.451. The Bertz CT molecular complexity index is 174. The molecule has 108 valence electrons. The summed E-state index contributed by atoms with van der Waals surface area (Å²) in [4.78, 5) is 0. The third-order valence-electron chi connectivity index (χ3n) is 4.21. The van der Waals surface area contributed by atoms with Crippen LogP contribution in [0, 0.1) is 5.41 Å². The lowest BCUT2D eigenvalue weighted by Crippen LogP contribution is -2.17. The Hall–Kier alpha value is -0.260. The van der Waals surface area contributed by atoms with Crippen LogP contribution >= 0.6 is 0 Å². The lowest BCUT2D eigenvalue weighted by molar-refractivity contribution is 0.280. The third kappa shape index (κ3) is 7.95. The highest BCUT2D eigenvalue weighted by Gasteiger charge is 2.23. The van der Waals surface area contributed by atoms with E-state index >= 15 is 0 Å². The summed E-state index contributed by atoms with van der Waals surface area (Å²) in [5.74, 6) is 0. The standard InChI is InChI=1S/C18H36/c1-5-9-10-11-12-13-14-17-18(8-4,15-6-2)16-7-3/h8H,4-7,9-17H2,1-3H3. The van der Waals surface area contributed by atoms with Gasteiger partial charge in [-0.15, -0.1) is 6.58 Å². The van der Waals surface area contributed by atoms with Crippen molar-refractivity contribution in [3.63, 3.8) is 0 Å². The Kier molecular flexibility index (Phi) is 11.6. The summed E-state index contributed by atoms with van der Waals surface area (Å²) in [5.41, 5.74) is 0.451. The first-order valence-electron chi connectivity index (χ1n) is 8.38. The van der Waals surface area contributed by atoms with Gasteiger partial charge in [0.1, 0.15) is 0 Å². The van der Waals surface area contributed by atoms with Crippen LogP contribution in [0.4, 0.5) is 0 Å². The summed E-state index contributed by atoms with van der Waals surface area (Å²) >= 11 is 0. The van der Waals surface area contributed by atoms with E-state index in [1.165, 1.54) is 77.0 Å². The van der Waals surface area contributed by atoms with Gasteiger partial charge >= 0.3 is 0 Å². The molecule has 0 bridgehead atoms. The van der Waals surface area contributed by atoms with E-state index in [0.717, 1.165) is 0 Å². The Morgan fingerprint density at radius 3 is 1.61 bits per heavy atom. The molecular formula is C18H36. The van der Waals surface area contributed by atoms with Crippen LogP contribution in [-0.2, 0) is 0 Å². The number of hydrogen-bond donors (Lipinski definition) is 0. The zero-order valence-electron chi connectivity index (χ0n) is 13.3. The van der Waals surface area contributed by atoms with Crippen molar-refractivity contribution >= 4 is 0 Å². The summed E-state index contributed by atoms with van der Waals surface area (Å²) in [6, 6.07) is 0. The van der Waals surface area contributed by atoms with Crippen molar-refractivity contribution in [2.75, 3.05) is 0 Å². The summed E-state index contributed by atoms with van der Waals surface area (Å²) in [5, 5.41) is 0. The molecule has 0 aromatic heterocycles. The lowest BCUT2D eigenvalue weighted by atomic mass is 9.75. The minimum Gasteiger partial charge on any atom is -0.103 e. The molecule has 0 saturated heterocycles. The molecule has 0 aromatic rings. The van der Waals surface area contributed by atoms with Gasteiger partial charge in [0.05, 0.1) is 0 Å². The summed E-state index contributed by atoms with van der Waals surface area (Å²) in [6.07, 6.45) is 18.8. The second-order valence-electron chi connectivity index (χ2n) is 5.94. The van der Waals surface area contributed by atoms with Gasteiger partial charge in [0.15, 0.2) is 0 Å². The Morgan fingerprint density at radius 2 is 1.17 bits per heavy atom. The van der Waals surface area contributed by atoms with Crippen molar-refractivity contribution in [2.45, 2.75) is 97.8 Å².